The van der Waals surface area contributed by atoms with Gasteiger partial charge < -0.3 is 13.9 Å². The van der Waals surface area contributed by atoms with Crippen LogP contribution in [-0.2, 0) is 0 Å². The molecule has 0 radical (unpaired) electrons. The summed E-state index contributed by atoms with van der Waals surface area (Å²) < 4.78 is 10.2. The zero-order valence-corrected chi connectivity index (χ0v) is 8.41. The van der Waals surface area contributed by atoms with E-state index < -0.39 is 5.97 Å². The van der Waals surface area contributed by atoms with Crippen LogP contribution in [0.5, 0.6) is 0 Å². The number of hydrogen-bond donors (Lipinski definition) is 1. The van der Waals surface area contributed by atoms with Crippen LogP contribution >= 0.6 is 11.6 Å². The summed E-state index contributed by atoms with van der Waals surface area (Å²) in [5.74, 6) is -0.589. The average Bonchev–Trinajstić information content (AvgIpc) is 2.71. The lowest BCUT2D eigenvalue weighted by Gasteiger charge is -1.91. The number of carboxylic acid groups (broad SMARTS) is 1. The lowest BCUT2D eigenvalue weighted by atomic mass is 10.3. The van der Waals surface area contributed by atoms with E-state index in [2.05, 4.69) is 4.98 Å². The van der Waals surface area contributed by atoms with Crippen molar-refractivity contribution in [2.75, 3.05) is 0 Å². The van der Waals surface area contributed by atoms with Crippen LogP contribution in [-0.4, -0.2) is 16.1 Å². The SMILES string of the molecule is Cc1nc(C(=O)O)c(-c2ccc(Cl)o2)o1. The van der Waals surface area contributed by atoms with Gasteiger partial charge in [0.1, 0.15) is 0 Å². The molecule has 0 aliphatic heterocycles. The minimum Gasteiger partial charge on any atom is -0.476 e. The third kappa shape index (κ3) is 1.73. The van der Waals surface area contributed by atoms with E-state index in [1.807, 2.05) is 0 Å². The summed E-state index contributed by atoms with van der Waals surface area (Å²) in [4.78, 5) is 14.5. The molecule has 0 atom stereocenters. The topological polar surface area (TPSA) is 76.5 Å². The lowest BCUT2D eigenvalue weighted by Crippen LogP contribution is -1.98. The minimum atomic E-state index is -1.17. The maximum Gasteiger partial charge on any atom is 0.358 e. The number of aromatic carboxylic acids is 1. The monoisotopic (exact) mass is 227 g/mol. The summed E-state index contributed by atoms with van der Waals surface area (Å²) in [6, 6.07) is 3.02. The van der Waals surface area contributed by atoms with Crippen molar-refractivity contribution in [2.24, 2.45) is 0 Å². The second-order valence-electron chi connectivity index (χ2n) is 2.82. The highest BCUT2D eigenvalue weighted by Crippen LogP contribution is 2.28. The Labute approximate surface area is 89.3 Å². The molecule has 0 aliphatic carbocycles. The molecular formula is C9H6ClNO4. The van der Waals surface area contributed by atoms with Crippen LogP contribution in [0.4, 0.5) is 0 Å². The molecule has 0 unspecified atom stereocenters. The minimum absolute atomic E-state index is 0.0758. The van der Waals surface area contributed by atoms with E-state index >= 15 is 0 Å². The van der Waals surface area contributed by atoms with Gasteiger partial charge in [0.05, 0.1) is 0 Å². The third-order valence-corrected chi connectivity index (χ3v) is 1.94. The van der Waals surface area contributed by atoms with E-state index in [-0.39, 0.29) is 28.3 Å². The summed E-state index contributed by atoms with van der Waals surface area (Å²) in [5.41, 5.74) is -0.182. The number of furan rings is 1. The highest BCUT2D eigenvalue weighted by atomic mass is 35.5. The maximum absolute atomic E-state index is 10.8. The van der Waals surface area contributed by atoms with Gasteiger partial charge in [-0.15, -0.1) is 0 Å². The van der Waals surface area contributed by atoms with Crippen molar-refractivity contribution < 1.29 is 18.7 Å². The van der Waals surface area contributed by atoms with Crippen LogP contribution in [0, 0.1) is 6.92 Å². The molecule has 0 spiro atoms. The van der Waals surface area contributed by atoms with Crippen molar-refractivity contribution in [3.05, 3.63) is 28.9 Å². The zero-order chi connectivity index (χ0) is 11.0. The molecule has 2 rings (SSSR count). The predicted molar refractivity (Wildman–Crippen MR) is 50.9 cm³/mol. The first-order valence-corrected chi connectivity index (χ1v) is 4.42. The van der Waals surface area contributed by atoms with Crippen molar-refractivity contribution in [1.29, 1.82) is 0 Å². The largest absolute Gasteiger partial charge is 0.476 e. The predicted octanol–water partition coefficient (Wildman–Crippen LogP) is 2.59. The second-order valence-corrected chi connectivity index (χ2v) is 3.19. The Morgan fingerprint density at radius 2 is 2.20 bits per heavy atom. The number of nitrogens with zero attached hydrogens (tertiary/aromatic N) is 1. The molecule has 6 heteroatoms. The van der Waals surface area contributed by atoms with Crippen LogP contribution in [0.2, 0.25) is 5.22 Å². The number of halogens is 1. The maximum atomic E-state index is 10.8. The van der Waals surface area contributed by atoms with Gasteiger partial charge in [-0.2, -0.15) is 0 Å². The molecule has 0 saturated heterocycles. The van der Waals surface area contributed by atoms with Crippen molar-refractivity contribution in [1.82, 2.24) is 4.98 Å². The van der Waals surface area contributed by atoms with E-state index in [4.69, 9.17) is 25.5 Å². The average molecular weight is 228 g/mol. The quantitative estimate of drug-likeness (QED) is 0.853. The normalized spacial score (nSPS) is 10.5. The molecule has 0 saturated carbocycles. The Kier molecular flexibility index (Phi) is 2.24. The molecule has 0 fully saturated rings. The molecule has 2 aromatic heterocycles. The van der Waals surface area contributed by atoms with Crippen LogP contribution in [0.15, 0.2) is 21.0 Å². The van der Waals surface area contributed by atoms with Crippen LogP contribution in [0.3, 0.4) is 0 Å². The smallest absolute Gasteiger partial charge is 0.358 e. The van der Waals surface area contributed by atoms with E-state index in [9.17, 15) is 4.79 Å². The van der Waals surface area contributed by atoms with E-state index in [1.54, 1.807) is 6.92 Å². The molecule has 1 N–H and O–H groups in total. The summed E-state index contributed by atoms with van der Waals surface area (Å²) in [7, 11) is 0. The highest BCUT2D eigenvalue weighted by molar-refractivity contribution is 6.29. The molecule has 0 aromatic carbocycles. The van der Waals surface area contributed by atoms with Gasteiger partial charge in [0.2, 0.25) is 5.76 Å². The molecule has 0 bridgehead atoms. The third-order valence-electron chi connectivity index (χ3n) is 1.73. The van der Waals surface area contributed by atoms with Gasteiger partial charge in [0.25, 0.3) is 0 Å². The fourth-order valence-corrected chi connectivity index (χ4v) is 1.32. The second kappa shape index (κ2) is 3.43. The number of aryl methyl sites for hydroxylation is 1. The molecule has 0 amide bonds. The summed E-state index contributed by atoms with van der Waals surface area (Å²) in [5, 5.41) is 9.01. The fourth-order valence-electron chi connectivity index (χ4n) is 1.18. The van der Waals surface area contributed by atoms with Gasteiger partial charge >= 0.3 is 5.97 Å². The molecular weight excluding hydrogens is 222 g/mol. The molecule has 2 heterocycles. The Morgan fingerprint density at radius 1 is 1.47 bits per heavy atom. The summed E-state index contributed by atoms with van der Waals surface area (Å²) in [6.07, 6.45) is 0. The van der Waals surface area contributed by atoms with Crippen LogP contribution < -0.4 is 0 Å². The first-order valence-electron chi connectivity index (χ1n) is 4.04. The van der Waals surface area contributed by atoms with Crippen LogP contribution in [0.1, 0.15) is 16.4 Å². The zero-order valence-electron chi connectivity index (χ0n) is 7.65. The van der Waals surface area contributed by atoms with Gasteiger partial charge in [0, 0.05) is 6.92 Å². The molecule has 78 valence electrons. The Hall–Kier alpha value is -1.75. The Bertz CT molecular complexity index is 514. The molecule has 5 nitrogen and oxygen atoms in total. The number of carbonyl (C=O) groups is 1. The molecule has 15 heavy (non-hydrogen) atoms. The van der Waals surface area contributed by atoms with Gasteiger partial charge in [0.15, 0.2) is 22.6 Å². The first kappa shape index (κ1) is 9.79. The Morgan fingerprint density at radius 3 is 2.73 bits per heavy atom. The number of rotatable bonds is 2. The molecule has 0 aliphatic rings. The van der Waals surface area contributed by atoms with E-state index in [0.29, 0.717) is 0 Å². The number of hydrogen-bond acceptors (Lipinski definition) is 4. The highest BCUT2D eigenvalue weighted by Gasteiger charge is 2.21. The van der Waals surface area contributed by atoms with Crippen molar-refractivity contribution in [3.8, 4) is 11.5 Å². The summed E-state index contributed by atoms with van der Waals surface area (Å²) in [6.45, 7) is 1.56. The fraction of sp³-hybridized carbons (Fsp3) is 0.111. The van der Waals surface area contributed by atoms with Gasteiger partial charge in [-0.05, 0) is 23.7 Å². The molecule has 2 aromatic rings. The van der Waals surface area contributed by atoms with Crippen LogP contribution in [0.25, 0.3) is 11.5 Å². The summed E-state index contributed by atoms with van der Waals surface area (Å²) >= 11 is 5.57. The van der Waals surface area contributed by atoms with Gasteiger partial charge in [-0.1, -0.05) is 0 Å². The standard InChI is InChI=1S/C9H6ClNO4/c1-4-11-7(9(12)13)8(14-4)5-2-3-6(10)15-5/h2-3H,1H3,(H,12,13). The van der Waals surface area contributed by atoms with Gasteiger partial charge in [-0.25, -0.2) is 9.78 Å². The lowest BCUT2D eigenvalue weighted by molar-refractivity contribution is 0.0691. The van der Waals surface area contributed by atoms with Crippen molar-refractivity contribution >= 4 is 17.6 Å². The van der Waals surface area contributed by atoms with Gasteiger partial charge in [-0.3, -0.25) is 0 Å². The number of aromatic nitrogens is 1. The van der Waals surface area contributed by atoms with E-state index in [0.717, 1.165) is 0 Å². The van der Waals surface area contributed by atoms with Crippen molar-refractivity contribution in [2.45, 2.75) is 6.92 Å². The number of oxazole rings is 1. The first-order chi connectivity index (χ1) is 7.08. The van der Waals surface area contributed by atoms with E-state index in [1.165, 1.54) is 12.1 Å². The van der Waals surface area contributed by atoms with Crippen molar-refractivity contribution in [3.63, 3.8) is 0 Å². The number of carboxylic acids is 1. The Balaban J connectivity index is 2.56.